The summed E-state index contributed by atoms with van der Waals surface area (Å²) < 4.78 is 24.4. The van der Waals surface area contributed by atoms with Crippen LogP contribution in [0.5, 0.6) is 0 Å². The molecule has 0 spiro atoms. The molecule has 0 amide bonds. The highest BCUT2D eigenvalue weighted by atomic mass is 35.5. The van der Waals surface area contributed by atoms with Gasteiger partial charge < -0.3 is 5.11 Å². The molecule has 1 aromatic carbocycles. The number of hydrogen-bond donors (Lipinski definition) is 2. The Hall–Kier alpha value is -1.27. The van der Waals surface area contributed by atoms with Gasteiger partial charge in [-0.3, -0.25) is 4.72 Å². The zero-order chi connectivity index (χ0) is 13.1. The summed E-state index contributed by atoms with van der Waals surface area (Å²) in [4.78, 5) is 10.9. The van der Waals surface area contributed by atoms with Crippen LogP contribution in [0.2, 0.25) is 0 Å². The van der Waals surface area contributed by atoms with Gasteiger partial charge in [0.2, 0.25) is 10.0 Å². The van der Waals surface area contributed by atoms with E-state index in [9.17, 15) is 13.2 Å². The normalized spacial score (nSPS) is 11.2. The van der Waals surface area contributed by atoms with Crippen molar-refractivity contribution in [1.29, 1.82) is 0 Å². The number of carboxylic acids is 1. The van der Waals surface area contributed by atoms with Gasteiger partial charge in [0, 0.05) is 5.88 Å². The number of rotatable bonds is 5. The Balaban J connectivity index is 3.20. The van der Waals surface area contributed by atoms with E-state index < -0.39 is 16.0 Å². The first-order valence-electron chi connectivity index (χ1n) is 4.73. The van der Waals surface area contributed by atoms with Crippen LogP contribution in [0.25, 0.3) is 0 Å². The van der Waals surface area contributed by atoms with Gasteiger partial charge >= 0.3 is 5.97 Å². The molecule has 94 valence electrons. The van der Waals surface area contributed by atoms with Gasteiger partial charge in [-0.05, 0) is 24.1 Å². The predicted octanol–water partition coefficient (Wildman–Crippen LogP) is 1.54. The van der Waals surface area contributed by atoms with E-state index in [1.54, 1.807) is 6.07 Å². The first kappa shape index (κ1) is 13.8. The lowest BCUT2D eigenvalue weighted by atomic mass is 10.1. The number of sulfonamides is 1. The van der Waals surface area contributed by atoms with Gasteiger partial charge in [-0.2, -0.15) is 0 Å². The second-order valence-electron chi connectivity index (χ2n) is 3.50. The van der Waals surface area contributed by atoms with E-state index in [1.807, 2.05) is 0 Å². The number of benzene rings is 1. The summed E-state index contributed by atoms with van der Waals surface area (Å²) >= 11 is 5.57. The number of carbonyl (C=O) groups is 1. The Kier molecular flexibility index (Phi) is 4.36. The average Bonchev–Trinajstić information content (AvgIpc) is 2.15. The highest BCUT2D eigenvalue weighted by Gasteiger charge is 2.13. The van der Waals surface area contributed by atoms with Crippen molar-refractivity contribution in [3.05, 3.63) is 29.3 Å². The molecule has 0 bridgehead atoms. The van der Waals surface area contributed by atoms with Crippen LogP contribution in [-0.2, 0) is 16.4 Å². The lowest BCUT2D eigenvalue weighted by molar-refractivity contribution is 0.0698. The second kappa shape index (κ2) is 5.37. The van der Waals surface area contributed by atoms with Crippen molar-refractivity contribution in [2.75, 3.05) is 16.9 Å². The first-order valence-corrected chi connectivity index (χ1v) is 7.16. The summed E-state index contributed by atoms with van der Waals surface area (Å²) in [6.45, 7) is 0. The molecule has 0 fully saturated rings. The van der Waals surface area contributed by atoms with Crippen LogP contribution in [-0.4, -0.2) is 31.6 Å². The Labute approximate surface area is 104 Å². The topological polar surface area (TPSA) is 83.5 Å². The molecule has 0 saturated carbocycles. The molecular weight excluding hydrogens is 266 g/mol. The molecule has 0 aromatic heterocycles. The number of alkyl halides is 1. The lowest BCUT2D eigenvalue weighted by Crippen LogP contribution is -2.13. The van der Waals surface area contributed by atoms with E-state index in [1.165, 1.54) is 12.1 Å². The van der Waals surface area contributed by atoms with E-state index in [-0.39, 0.29) is 11.3 Å². The Morgan fingerprint density at radius 1 is 1.47 bits per heavy atom. The van der Waals surface area contributed by atoms with Crippen molar-refractivity contribution in [3.63, 3.8) is 0 Å². The van der Waals surface area contributed by atoms with Crippen molar-refractivity contribution >= 4 is 33.3 Å². The van der Waals surface area contributed by atoms with Crippen LogP contribution in [0.4, 0.5) is 5.69 Å². The molecule has 1 rings (SSSR count). The molecule has 0 radical (unpaired) electrons. The SMILES string of the molecule is CS(=O)(=O)Nc1cc(CCCl)ccc1C(=O)O. The van der Waals surface area contributed by atoms with Crippen molar-refractivity contribution in [2.45, 2.75) is 6.42 Å². The predicted molar refractivity (Wildman–Crippen MR) is 66.3 cm³/mol. The molecule has 5 nitrogen and oxygen atoms in total. The van der Waals surface area contributed by atoms with Gasteiger partial charge in [-0.1, -0.05) is 6.07 Å². The average molecular weight is 278 g/mol. The highest BCUT2D eigenvalue weighted by molar-refractivity contribution is 7.92. The largest absolute Gasteiger partial charge is 0.478 e. The quantitative estimate of drug-likeness (QED) is 0.800. The molecule has 7 heteroatoms. The fourth-order valence-corrected chi connectivity index (χ4v) is 2.11. The Morgan fingerprint density at radius 2 is 2.12 bits per heavy atom. The molecule has 0 aliphatic heterocycles. The van der Waals surface area contributed by atoms with Crippen LogP contribution in [0.1, 0.15) is 15.9 Å². The van der Waals surface area contributed by atoms with Crippen molar-refractivity contribution in [3.8, 4) is 0 Å². The molecule has 0 heterocycles. The molecule has 0 aliphatic carbocycles. The van der Waals surface area contributed by atoms with Crippen LogP contribution in [0.15, 0.2) is 18.2 Å². The maximum absolute atomic E-state index is 11.1. The number of aryl methyl sites for hydroxylation is 1. The number of nitrogens with one attached hydrogen (secondary N) is 1. The molecule has 0 aliphatic rings. The number of hydrogen-bond acceptors (Lipinski definition) is 3. The fourth-order valence-electron chi connectivity index (χ4n) is 1.33. The standard InChI is InChI=1S/C10H12ClNO4S/c1-17(15,16)12-9-6-7(4-5-11)2-3-8(9)10(13)14/h2-3,6,12H,4-5H2,1H3,(H,13,14). The van der Waals surface area contributed by atoms with Crippen LogP contribution in [0.3, 0.4) is 0 Å². The molecule has 1 aromatic rings. The Morgan fingerprint density at radius 3 is 2.59 bits per heavy atom. The minimum absolute atomic E-state index is 0.0580. The molecule has 2 N–H and O–H groups in total. The summed E-state index contributed by atoms with van der Waals surface area (Å²) in [5.74, 6) is -0.807. The van der Waals surface area contributed by atoms with Crippen LogP contribution >= 0.6 is 11.6 Å². The fraction of sp³-hybridized carbons (Fsp3) is 0.300. The maximum atomic E-state index is 11.1. The molecular formula is C10H12ClNO4S. The molecule has 0 unspecified atom stereocenters. The number of anilines is 1. The summed E-state index contributed by atoms with van der Waals surface area (Å²) in [7, 11) is -3.51. The third kappa shape index (κ3) is 4.24. The van der Waals surface area contributed by atoms with E-state index in [0.29, 0.717) is 12.3 Å². The lowest BCUT2D eigenvalue weighted by Gasteiger charge is -2.09. The summed E-state index contributed by atoms with van der Waals surface area (Å²) in [6.07, 6.45) is 1.51. The summed E-state index contributed by atoms with van der Waals surface area (Å²) in [5, 5.41) is 8.92. The molecule has 0 saturated heterocycles. The first-order chi connectivity index (χ1) is 7.83. The van der Waals surface area contributed by atoms with Gasteiger partial charge in [-0.15, -0.1) is 11.6 Å². The summed E-state index contributed by atoms with van der Waals surface area (Å²) in [5.41, 5.74) is 0.743. The smallest absolute Gasteiger partial charge is 0.337 e. The van der Waals surface area contributed by atoms with Crippen LogP contribution in [0, 0.1) is 0 Å². The minimum Gasteiger partial charge on any atom is -0.478 e. The highest BCUT2D eigenvalue weighted by Crippen LogP contribution is 2.19. The van der Waals surface area contributed by atoms with E-state index >= 15 is 0 Å². The maximum Gasteiger partial charge on any atom is 0.337 e. The van der Waals surface area contributed by atoms with Gasteiger partial charge in [0.15, 0.2) is 0 Å². The summed E-state index contributed by atoms with van der Waals surface area (Å²) in [6, 6.07) is 4.45. The van der Waals surface area contributed by atoms with E-state index in [0.717, 1.165) is 11.8 Å². The second-order valence-corrected chi connectivity index (χ2v) is 5.62. The molecule has 0 atom stereocenters. The van der Waals surface area contributed by atoms with Crippen molar-refractivity contribution < 1.29 is 18.3 Å². The number of halogens is 1. The van der Waals surface area contributed by atoms with Crippen molar-refractivity contribution in [1.82, 2.24) is 0 Å². The third-order valence-corrected chi connectivity index (χ3v) is 2.77. The van der Waals surface area contributed by atoms with E-state index in [4.69, 9.17) is 16.7 Å². The monoisotopic (exact) mass is 277 g/mol. The number of carboxylic acid groups (broad SMARTS) is 1. The number of aromatic carboxylic acids is 1. The minimum atomic E-state index is -3.51. The third-order valence-electron chi connectivity index (χ3n) is 1.99. The zero-order valence-electron chi connectivity index (χ0n) is 9.10. The van der Waals surface area contributed by atoms with Gasteiger partial charge in [-0.25, -0.2) is 13.2 Å². The van der Waals surface area contributed by atoms with Gasteiger partial charge in [0.25, 0.3) is 0 Å². The Bertz CT molecular complexity index is 527. The zero-order valence-corrected chi connectivity index (χ0v) is 10.7. The van der Waals surface area contributed by atoms with E-state index in [2.05, 4.69) is 4.72 Å². The van der Waals surface area contributed by atoms with Crippen molar-refractivity contribution in [2.24, 2.45) is 0 Å². The van der Waals surface area contributed by atoms with Gasteiger partial charge in [0.05, 0.1) is 17.5 Å². The van der Waals surface area contributed by atoms with Gasteiger partial charge in [0.1, 0.15) is 0 Å². The molecule has 17 heavy (non-hydrogen) atoms. The van der Waals surface area contributed by atoms with Crippen LogP contribution < -0.4 is 4.72 Å².